The van der Waals surface area contributed by atoms with Crippen LogP contribution in [0, 0.1) is 0 Å². The van der Waals surface area contributed by atoms with Gasteiger partial charge in [-0.25, -0.2) is 0 Å². The molecule has 2 amide bonds. The minimum Gasteiger partial charge on any atom is -0.395 e. The molecule has 1 heterocycles. The number of carbonyl (C=O) groups is 2. The van der Waals surface area contributed by atoms with Crippen LogP contribution >= 0.6 is 0 Å². The first kappa shape index (κ1) is 16.9. The quantitative estimate of drug-likeness (QED) is 0.680. The van der Waals surface area contributed by atoms with E-state index < -0.39 is 0 Å². The van der Waals surface area contributed by atoms with Crippen molar-refractivity contribution in [2.75, 3.05) is 39.8 Å². The zero-order valence-corrected chi connectivity index (χ0v) is 12.6. The van der Waals surface area contributed by atoms with Crippen molar-refractivity contribution in [3.63, 3.8) is 0 Å². The molecule has 0 spiro atoms. The molecular weight excluding hydrogens is 258 g/mol. The maximum atomic E-state index is 12.1. The summed E-state index contributed by atoms with van der Waals surface area (Å²) in [6, 6.07) is 0.0787. The summed E-state index contributed by atoms with van der Waals surface area (Å²) in [5.74, 6) is -0.197. The van der Waals surface area contributed by atoms with Gasteiger partial charge in [0.1, 0.15) is 0 Å². The Morgan fingerprint density at radius 3 is 2.80 bits per heavy atom. The highest BCUT2D eigenvalue weighted by atomic mass is 16.3. The number of nitrogens with one attached hydrogen (secondary N) is 1. The highest BCUT2D eigenvalue weighted by molar-refractivity contribution is 5.85. The molecule has 1 fully saturated rings. The molecule has 1 rings (SSSR count). The van der Waals surface area contributed by atoms with Crippen LogP contribution in [0.3, 0.4) is 0 Å². The van der Waals surface area contributed by atoms with E-state index in [1.807, 2.05) is 11.8 Å². The van der Waals surface area contributed by atoms with Crippen LogP contribution in [0.2, 0.25) is 0 Å². The lowest BCUT2D eigenvalue weighted by molar-refractivity contribution is -0.136. The first-order valence-corrected chi connectivity index (χ1v) is 7.44. The largest absolute Gasteiger partial charge is 0.395 e. The van der Waals surface area contributed by atoms with Gasteiger partial charge in [-0.3, -0.25) is 14.5 Å². The molecule has 20 heavy (non-hydrogen) atoms. The molecule has 1 saturated heterocycles. The maximum absolute atomic E-state index is 12.1. The smallest absolute Gasteiger partial charge is 0.239 e. The summed E-state index contributed by atoms with van der Waals surface area (Å²) in [6.07, 6.45) is 3.98. The van der Waals surface area contributed by atoms with Crippen molar-refractivity contribution in [1.82, 2.24) is 15.1 Å². The van der Waals surface area contributed by atoms with Gasteiger partial charge in [-0.15, -0.1) is 0 Å². The van der Waals surface area contributed by atoms with Crippen molar-refractivity contribution in [2.45, 2.75) is 38.6 Å². The predicted molar refractivity (Wildman–Crippen MR) is 77.2 cm³/mol. The van der Waals surface area contributed by atoms with Crippen molar-refractivity contribution in [3.8, 4) is 0 Å². The fourth-order valence-electron chi connectivity index (χ4n) is 2.39. The second-order valence-corrected chi connectivity index (χ2v) is 5.40. The Balaban J connectivity index is 2.38. The summed E-state index contributed by atoms with van der Waals surface area (Å²) in [4.78, 5) is 27.1. The number of carbonyl (C=O) groups excluding carboxylic acids is 2. The van der Waals surface area contributed by atoms with E-state index in [0.717, 1.165) is 32.2 Å². The average Bonchev–Trinajstić information content (AvgIpc) is 2.45. The minimum atomic E-state index is -0.125. The maximum Gasteiger partial charge on any atom is 0.239 e. The van der Waals surface area contributed by atoms with Gasteiger partial charge in [0, 0.05) is 19.6 Å². The summed E-state index contributed by atoms with van der Waals surface area (Å²) < 4.78 is 0. The number of amides is 2. The second-order valence-electron chi connectivity index (χ2n) is 5.40. The third-order valence-electron chi connectivity index (χ3n) is 3.68. The number of aliphatic hydroxyl groups is 1. The fraction of sp³-hybridized carbons (Fsp3) is 0.857. The fourth-order valence-corrected chi connectivity index (χ4v) is 2.39. The van der Waals surface area contributed by atoms with Crippen molar-refractivity contribution >= 4 is 11.8 Å². The Morgan fingerprint density at radius 1 is 1.40 bits per heavy atom. The number of likely N-dealkylation sites (N-methyl/N-ethyl adjacent to an activating group) is 1. The average molecular weight is 285 g/mol. The van der Waals surface area contributed by atoms with E-state index in [1.165, 1.54) is 4.90 Å². The highest BCUT2D eigenvalue weighted by Crippen LogP contribution is 2.16. The number of likely N-dealkylation sites (tertiary alicyclic amines) is 1. The van der Waals surface area contributed by atoms with Crippen molar-refractivity contribution < 1.29 is 14.7 Å². The molecule has 1 unspecified atom stereocenters. The van der Waals surface area contributed by atoms with Crippen LogP contribution in [0.5, 0.6) is 0 Å². The summed E-state index contributed by atoms with van der Waals surface area (Å²) in [6.45, 7) is 3.93. The molecule has 0 aromatic heterocycles. The van der Waals surface area contributed by atoms with Gasteiger partial charge >= 0.3 is 0 Å². The van der Waals surface area contributed by atoms with Gasteiger partial charge in [-0.05, 0) is 25.8 Å². The van der Waals surface area contributed by atoms with Crippen LogP contribution in [-0.4, -0.2) is 72.6 Å². The van der Waals surface area contributed by atoms with Gasteiger partial charge in [0.25, 0.3) is 0 Å². The number of rotatable bonds is 7. The van der Waals surface area contributed by atoms with E-state index >= 15 is 0 Å². The predicted octanol–water partition coefficient (Wildman–Crippen LogP) is -0.182. The monoisotopic (exact) mass is 285 g/mol. The minimum absolute atomic E-state index is 0.0722. The zero-order valence-electron chi connectivity index (χ0n) is 12.6. The molecule has 2 N–H and O–H groups in total. The summed E-state index contributed by atoms with van der Waals surface area (Å²) in [5.41, 5.74) is 0. The summed E-state index contributed by atoms with van der Waals surface area (Å²) >= 11 is 0. The van der Waals surface area contributed by atoms with Crippen LogP contribution in [-0.2, 0) is 9.59 Å². The van der Waals surface area contributed by atoms with Crippen molar-refractivity contribution in [3.05, 3.63) is 0 Å². The van der Waals surface area contributed by atoms with Gasteiger partial charge in [0.15, 0.2) is 0 Å². The lowest BCUT2D eigenvalue weighted by atomic mass is 10.0. The standard InChI is InChI=1S/C14H27N3O3/c1-3-7-15-13(19)9-16(2)14(20)10-17-8-5-4-6-12(17)11-18/h12,18H,3-11H2,1-2H3,(H,15,19). The first-order valence-electron chi connectivity index (χ1n) is 7.44. The van der Waals surface area contributed by atoms with E-state index in [2.05, 4.69) is 5.32 Å². The third-order valence-corrected chi connectivity index (χ3v) is 3.68. The van der Waals surface area contributed by atoms with Crippen LogP contribution < -0.4 is 5.32 Å². The lowest BCUT2D eigenvalue weighted by Crippen LogP contribution is -2.48. The van der Waals surface area contributed by atoms with Gasteiger partial charge in [0.05, 0.1) is 19.7 Å². The molecule has 0 aliphatic carbocycles. The van der Waals surface area contributed by atoms with Gasteiger partial charge < -0.3 is 15.3 Å². The Labute approximate surface area is 121 Å². The van der Waals surface area contributed by atoms with Crippen LogP contribution in [0.15, 0.2) is 0 Å². The van der Waals surface area contributed by atoms with Gasteiger partial charge in [-0.1, -0.05) is 13.3 Å². The van der Waals surface area contributed by atoms with E-state index in [4.69, 9.17) is 0 Å². The lowest BCUT2D eigenvalue weighted by Gasteiger charge is -2.34. The Kier molecular flexibility index (Phi) is 7.54. The molecule has 1 aliphatic heterocycles. The molecule has 1 aliphatic rings. The number of hydrogen-bond acceptors (Lipinski definition) is 4. The SMILES string of the molecule is CCCNC(=O)CN(C)C(=O)CN1CCCCC1CO. The zero-order chi connectivity index (χ0) is 15.0. The van der Waals surface area contributed by atoms with Gasteiger partial charge in [-0.2, -0.15) is 0 Å². The number of aliphatic hydroxyl groups excluding tert-OH is 1. The van der Waals surface area contributed by atoms with E-state index in [1.54, 1.807) is 7.05 Å². The molecule has 1 atom stereocenters. The van der Waals surface area contributed by atoms with Gasteiger partial charge in [0.2, 0.25) is 11.8 Å². The van der Waals surface area contributed by atoms with Crippen molar-refractivity contribution in [1.29, 1.82) is 0 Å². The molecule has 0 bridgehead atoms. The molecule has 0 aromatic rings. The number of piperidine rings is 1. The van der Waals surface area contributed by atoms with E-state index in [9.17, 15) is 14.7 Å². The molecule has 0 aromatic carbocycles. The Hall–Kier alpha value is -1.14. The molecule has 116 valence electrons. The Morgan fingerprint density at radius 2 is 2.15 bits per heavy atom. The molecule has 0 saturated carbocycles. The third kappa shape index (κ3) is 5.46. The molecular formula is C14H27N3O3. The number of hydrogen-bond donors (Lipinski definition) is 2. The molecule has 6 nitrogen and oxygen atoms in total. The molecule has 0 radical (unpaired) electrons. The van der Waals surface area contributed by atoms with E-state index in [-0.39, 0.29) is 37.6 Å². The first-order chi connectivity index (χ1) is 9.58. The van der Waals surface area contributed by atoms with Crippen LogP contribution in [0.1, 0.15) is 32.6 Å². The Bertz CT molecular complexity index is 323. The topological polar surface area (TPSA) is 72.9 Å². The van der Waals surface area contributed by atoms with E-state index in [0.29, 0.717) is 6.54 Å². The highest BCUT2D eigenvalue weighted by Gasteiger charge is 2.25. The normalized spacial score (nSPS) is 19.6. The number of nitrogens with zero attached hydrogens (tertiary/aromatic N) is 2. The summed E-state index contributed by atoms with van der Waals surface area (Å²) in [7, 11) is 1.64. The van der Waals surface area contributed by atoms with Crippen LogP contribution in [0.25, 0.3) is 0 Å². The van der Waals surface area contributed by atoms with Crippen LogP contribution in [0.4, 0.5) is 0 Å². The van der Waals surface area contributed by atoms with Crippen molar-refractivity contribution in [2.24, 2.45) is 0 Å². The second kappa shape index (κ2) is 8.92. The molecule has 6 heteroatoms. The summed E-state index contributed by atoms with van der Waals surface area (Å²) in [5, 5.41) is 12.1.